The summed E-state index contributed by atoms with van der Waals surface area (Å²) in [4.78, 5) is 25.7. The van der Waals surface area contributed by atoms with Crippen molar-refractivity contribution in [2.24, 2.45) is 0 Å². The van der Waals surface area contributed by atoms with Gasteiger partial charge < -0.3 is 19.5 Å². The van der Waals surface area contributed by atoms with Crippen LogP contribution in [-0.2, 0) is 20.7 Å². The summed E-state index contributed by atoms with van der Waals surface area (Å²) >= 11 is 0. The van der Waals surface area contributed by atoms with Crippen LogP contribution in [0.3, 0.4) is 0 Å². The summed E-state index contributed by atoms with van der Waals surface area (Å²) in [5.74, 6) is -0.668. The van der Waals surface area contributed by atoms with Crippen molar-refractivity contribution in [3.63, 3.8) is 0 Å². The molecule has 3 rings (SSSR count). The van der Waals surface area contributed by atoms with Crippen LogP contribution >= 0.6 is 0 Å². The van der Waals surface area contributed by atoms with Gasteiger partial charge in [0.1, 0.15) is 11.4 Å². The number of para-hydroxylation sites is 1. The molecule has 1 N–H and O–H groups in total. The number of carbonyl (C=O) groups excluding carboxylic acids is 1. The van der Waals surface area contributed by atoms with Crippen LogP contribution in [0.15, 0.2) is 35.4 Å². The average Bonchev–Trinajstić information content (AvgIpc) is 2.85. The van der Waals surface area contributed by atoms with E-state index in [4.69, 9.17) is 9.47 Å². The number of methoxy groups -OCH3 is 1. The van der Waals surface area contributed by atoms with Gasteiger partial charge in [0.15, 0.2) is 0 Å². The molecule has 1 saturated heterocycles. The number of ether oxygens (including phenoxy) is 2. The molecule has 6 nitrogen and oxygen atoms in total. The van der Waals surface area contributed by atoms with Crippen molar-refractivity contribution < 1.29 is 24.2 Å². The molecule has 2 aliphatic rings. The highest BCUT2D eigenvalue weighted by Gasteiger charge is 2.50. The van der Waals surface area contributed by atoms with Crippen molar-refractivity contribution in [1.29, 1.82) is 0 Å². The van der Waals surface area contributed by atoms with E-state index in [0.29, 0.717) is 25.9 Å². The van der Waals surface area contributed by atoms with Gasteiger partial charge in [-0.3, -0.25) is 0 Å². The van der Waals surface area contributed by atoms with Crippen molar-refractivity contribution in [1.82, 2.24) is 4.90 Å². The second kappa shape index (κ2) is 6.88. The van der Waals surface area contributed by atoms with Gasteiger partial charge >= 0.3 is 11.9 Å². The van der Waals surface area contributed by atoms with E-state index in [1.807, 2.05) is 18.2 Å². The quantitative estimate of drug-likeness (QED) is 0.823. The minimum absolute atomic E-state index is 0.141. The predicted octanol–water partition coefficient (Wildman–Crippen LogP) is 2.03. The lowest BCUT2D eigenvalue weighted by Gasteiger charge is -2.38. The molecule has 2 heterocycles. The maximum Gasteiger partial charge on any atom is 0.336 e. The van der Waals surface area contributed by atoms with Gasteiger partial charge in [0.05, 0.1) is 12.7 Å². The van der Waals surface area contributed by atoms with Crippen LogP contribution in [0, 0.1) is 0 Å². The molecule has 0 aliphatic carbocycles. The predicted molar refractivity (Wildman–Crippen MR) is 91.5 cm³/mol. The molecule has 0 saturated carbocycles. The Kier molecular flexibility index (Phi) is 4.81. The SMILES string of the molecule is COc1ccccc1CCN1CCC2(CC1)OC(=O)C(C)=C2C(=O)O. The fourth-order valence-corrected chi connectivity index (χ4v) is 3.78. The Balaban J connectivity index is 1.63. The van der Waals surface area contributed by atoms with E-state index in [1.54, 1.807) is 7.11 Å². The fourth-order valence-electron chi connectivity index (χ4n) is 3.78. The summed E-state index contributed by atoms with van der Waals surface area (Å²) in [6.07, 6.45) is 1.89. The first-order valence-electron chi connectivity index (χ1n) is 8.49. The summed E-state index contributed by atoms with van der Waals surface area (Å²) in [5.41, 5.74) is 0.574. The standard InChI is InChI=1S/C19H23NO5/c1-13-16(17(21)22)19(25-18(13)23)8-11-20(12-9-19)10-7-14-5-3-4-6-15(14)24-2/h3-6H,7-12H2,1-2H3,(H,21,22). The number of hydrogen-bond acceptors (Lipinski definition) is 5. The first-order chi connectivity index (χ1) is 12.0. The Morgan fingerprint density at radius 2 is 2.00 bits per heavy atom. The van der Waals surface area contributed by atoms with E-state index >= 15 is 0 Å². The lowest BCUT2D eigenvalue weighted by molar-refractivity contribution is -0.152. The number of hydrogen-bond donors (Lipinski definition) is 1. The molecule has 1 fully saturated rings. The molecule has 1 aromatic carbocycles. The Labute approximate surface area is 147 Å². The number of likely N-dealkylation sites (tertiary alicyclic amines) is 1. The van der Waals surface area contributed by atoms with Gasteiger partial charge in [-0.2, -0.15) is 0 Å². The third-order valence-corrected chi connectivity index (χ3v) is 5.19. The zero-order valence-corrected chi connectivity index (χ0v) is 14.6. The Morgan fingerprint density at radius 1 is 1.32 bits per heavy atom. The number of carboxylic acid groups (broad SMARTS) is 1. The number of carbonyl (C=O) groups is 2. The molecule has 2 aliphatic heterocycles. The van der Waals surface area contributed by atoms with Crippen LogP contribution in [0.5, 0.6) is 5.75 Å². The third-order valence-electron chi connectivity index (χ3n) is 5.19. The van der Waals surface area contributed by atoms with E-state index in [1.165, 1.54) is 6.92 Å². The van der Waals surface area contributed by atoms with E-state index in [9.17, 15) is 14.7 Å². The zero-order valence-electron chi connectivity index (χ0n) is 14.6. The fraction of sp³-hybridized carbons (Fsp3) is 0.474. The van der Waals surface area contributed by atoms with Gasteiger partial charge in [0.25, 0.3) is 0 Å². The molecule has 6 heteroatoms. The molecule has 0 unspecified atom stereocenters. The van der Waals surface area contributed by atoms with Gasteiger partial charge in [0, 0.05) is 38.0 Å². The third kappa shape index (κ3) is 3.26. The molecule has 0 amide bonds. The van der Waals surface area contributed by atoms with Crippen LogP contribution in [0.2, 0.25) is 0 Å². The van der Waals surface area contributed by atoms with E-state index < -0.39 is 17.5 Å². The Bertz CT molecular complexity index is 716. The van der Waals surface area contributed by atoms with Crippen molar-refractivity contribution in [3.05, 3.63) is 41.0 Å². The largest absolute Gasteiger partial charge is 0.496 e. The summed E-state index contributed by atoms with van der Waals surface area (Å²) in [6, 6.07) is 7.94. The lowest BCUT2D eigenvalue weighted by Crippen LogP contribution is -2.47. The number of nitrogens with zero attached hydrogens (tertiary/aromatic N) is 1. The molecule has 0 aromatic heterocycles. The van der Waals surface area contributed by atoms with E-state index in [2.05, 4.69) is 11.0 Å². The van der Waals surface area contributed by atoms with E-state index in [-0.39, 0.29) is 11.1 Å². The van der Waals surface area contributed by atoms with Crippen molar-refractivity contribution >= 4 is 11.9 Å². The van der Waals surface area contributed by atoms with Crippen molar-refractivity contribution in [2.45, 2.75) is 31.8 Å². The summed E-state index contributed by atoms with van der Waals surface area (Å²) < 4.78 is 10.9. The molecular weight excluding hydrogens is 322 g/mol. The first-order valence-corrected chi connectivity index (χ1v) is 8.49. The maximum atomic E-state index is 11.9. The molecule has 1 aromatic rings. The summed E-state index contributed by atoms with van der Waals surface area (Å²) in [7, 11) is 1.67. The number of esters is 1. The average molecular weight is 345 g/mol. The minimum Gasteiger partial charge on any atom is -0.496 e. The number of benzene rings is 1. The number of rotatable bonds is 5. The molecule has 1 spiro atoms. The second-order valence-corrected chi connectivity index (χ2v) is 6.59. The molecule has 0 atom stereocenters. The van der Waals surface area contributed by atoms with Gasteiger partial charge in [0.2, 0.25) is 0 Å². The molecule has 25 heavy (non-hydrogen) atoms. The highest BCUT2D eigenvalue weighted by atomic mass is 16.6. The maximum absolute atomic E-state index is 11.9. The Morgan fingerprint density at radius 3 is 2.64 bits per heavy atom. The van der Waals surface area contributed by atoms with Crippen LogP contribution in [0.25, 0.3) is 0 Å². The van der Waals surface area contributed by atoms with Crippen LogP contribution in [0.4, 0.5) is 0 Å². The highest BCUT2D eigenvalue weighted by molar-refractivity contribution is 6.04. The number of aliphatic carboxylic acids is 1. The van der Waals surface area contributed by atoms with E-state index in [0.717, 1.165) is 24.3 Å². The van der Waals surface area contributed by atoms with Gasteiger partial charge in [-0.15, -0.1) is 0 Å². The highest BCUT2D eigenvalue weighted by Crippen LogP contribution is 2.41. The molecular formula is C19H23NO5. The van der Waals surface area contributed by atoms with Crippen LogP contribution in [-0.4, -0.2) is 54.3 Å². The molecule has 0 radical (unpaired) electrons. The van der Waals surface area contributed by atoms with Crippen molar-refractivity contribution in [2.75, 3.05) is 26.7 Å². The Hall–Kier alpha value is -2.34. The van der Waals surface area contributed by atoms with Crippen LogP contribution < -0.4 is 4.74 Å². The second-order valence-electron chi connectivity index (χ2n) is 6.59. The normalized spacial score (nSPS) is 20.0. The first kappa shape index (κ1) is 17.5. The summed E-state index contributed by atoms with van der Waals surface area (Å²) in [6.45, 7) is 3.79. The number of piperidine rings is 1. The molecule has 0 bridgehead atoms. The van der Waals surface area contributed by atoms with Gasteiger partial charge in [-0.05, 0) is 25.0 Å². The minimum atomic E-state index is -1.05. The molecule has 134 valence electrons. The topological polar surface area (TPSA) is 76.1 Å². The van der Waals surface area contributed by atoms with Gasteiger partial charge in [-0.1, -0.05) is 18.2 Å². The van der Waals surface area contributed by atoms with Crippen molar-refractivity contribution in [3.8, 4) is 5.75 Å². The lowest BCUT2D eigenvalue weighted by atomic mass is 9.83. The number of carboxylic acids is 1. The monoisotopic (exact) mass is 345 g/mol. The van der Waals surface area contributed by atoms with Crippen LogP contribution in [0.1, 0.15) is 25.3 Å². The van der Waals surface area contributed by atoms with Gasteiger partial charge in [-0.25, -0.2) is 9.59 Å². The zero-order chi connectivity index (χ0) is 18.0. The summed E-state index contributed by atoms with van der Waals surface area (Å²) in [5, 5.41) is 9.48. The smallest absolute Gasteiger partial charge is 0.336 e.